The zero-order valence-corrected chi connectivity index (χ0v) is 5.83. The normalized spacial score (nSPS) is 14.7. The van der Waals surface area contributed by atoms with Crippen LogP contribution in [0.1, 0.15) is 0 Å². The van der Waals surface area contributed by atoms with Crippen molar-refractivity contribution in [2.75, 3.05) is 23.9 Å². The molecule has 0 amide bonds. The second-order valence-electron chi connectivity index (χ2n) is 2.43. The van der Waals surface area contributed by atoms with Crippen LogP contribution in [0.5, 0.6) is 0 Å². The Balaban J connectivity index is 2.51. The van der Waals surface area contributed by atoms with E-state index in [2.05, 4.69) is 22.2 Å². The van der Waals surface area contributed by atoms with Crippen LogP contribution in [0.25, 0.3) is 0 Å². The third-order valence-electron chi connectivity index (χ3n) is 1.72. The van der Waals surface area contributed by atoms with E-state index < -0.39 is 0 Å². The highest BCUT2D eigenvalue weighted by molar-refractivity contribution is 5.72. The van der Waals surface area contributed by atoms with Crippen molar-refractivity contribution < 1.29 is 0 Å². The number of nitrogens with zero attached hydrogens (tertiary/aromatic N) is 2. The predicted molar refractivity (Wildman–Crippen MR) is 41.1 cm³/mol. The van der Waals surface area contributed by atoms with Crippen molar-refractivity contribution in [2.24, 2.45) is 0 Å². The van der Waals surface area contributed by atoms with Gasteiger partial charge in [0.1, 0.15) is 0 Å². The van der Waals surface area contributed by atoms with Gasteiger partial charge < -0.3 is 10.2 Å². The molecule has 0 radical (unpaired) electrons. The summed E-state index contributed by atoms with van der Waals surface area (Å²) in [5.74, 6) is 0. The van der Waals surface area contributed by atoms with E-state index in [4.69, 9.17) is 0 Å². The van der Waals surface area contributed by atoms with Crippen LogP contribution in [0.4, 0.5) is 11.4 Å². The molecule has 2 rings (SSSR count). The van der Waals surface area contributed by atoms with E-state index in [9.17, 15) is 0 Å². The minimum Gasteiger partial charge on any atom is -0.365 e. The van der Waals surface area contributed by atoms with E-state index in [0.717, 1.165) is 12.4 Å². The first-order valence-corrected chi connectivity index (χ1v) is 3.27. The Labute approximate surface area is 59.7 Å². The molecule has 3 heteroatoms. The third-order valence-corrected chi connectivity index (χ3v) is 1.72. The molecule has 1 N–H and O–H groups in total. The molecular formula is C7H9N3. The van der Waals surface area contributed by atoms with Gasteiger partial charge in [-0.15, -0.1) is 0 Å². The molecular weight excluding hydrogens is 126 g/mol. The molecule has 1 aromatic rings. The first-order chi connectivity index (χ1) is 4.88. The van der Waals surface area contributed by atoms with Crippen LogP contribution in [-0.4, -0.2) is 18.7 Å². The standard InChI is InChI=1S/C7H9N3/c1-10-5-9-6-4-8-3-2-7(6)10/h2-4,9H,5H2,1H3. The van der Waals surface area contributed by atoms with Crippen LogP contribution in [0.15, 0.2) is 18.5 Å². The lowest BCUT2D eigenvalue weighted by atomic mass is 10.3. The molecule has 0 atom stereocenters. The van der Waals surface area contributed by atoms with Gasteiger partial charge in [-0.1, -0.05) is 0 Å². The minimum atomic E-state index is 0.890. The monoisotopic (exact) mass is 135 g/mol. The lowest BCUT2D eigenvalue weighted by Gasteiger charge is -2.07. The molecule has 0 bridgehead atoms. The van der Waals surface area contributed by atoms with Gasteiger partial charge in [-0.05, 0) is 6.07 Å². The van der Waals surface area contributed by atoms with Gasteiger partial charge in [-0.25, -0.2) is 0 Å². The summed E-state index contributed by atoms with van der Waals surface area (Å²) in [6.07, 6.45) is 3.65. The summed E-state index contributed by atoms with van der Waals surface area (Å²) in [4.78, 5) is 6.15. The smallest absolute Gasteiger partial charge is 0.0875 e. The molecule has 1 aromatic heterocycles. The molecule has 0 unspecified atom stereocenters. The molecule has 1 aliphatic heterocycles. The topological polar surface area (TPSA) is 28.2 Å². The summed E-state index contributed by atoms with van der Waals surface area (Å²) < 4.78 is 0. The van der Waals surface area contributed by atoms with Crippen LogP contribution in [0.3, 0.4) is 0 Å². The second kappa shape index (κ2) is 1.87. The Morgan fingerprint density at radius 2 is 2.60 bits per heavy atom. The molecule has 0 aliphatic carbocycles. The number of fused-ring (bicyclic) bond motifs is 1. The van der Waals surface area contributed by atoms with Gasteiger partial charge in [0.05, 0.1) is 24.2 Å². The van der Waals surface area contributed by atoms with E-state index in [1.807, 2.05) is 18.5 Å². The Morgan fingerprint density at radius 3 is 3.40 bits per heavy atom. The lowest BCUT2D eigenvalue weighted by molar-refractivity contribution is 1.03. The molecule has 2 heterocycles. The second-order valence-corrected chi connectivity index (χ2v) is 2.43. The summed E-state index contributed by atoms with van der Waals surface area (Å²) in [6.45, 7) is 0.890. The van der Waals surface area contributed by atoms with Crippen LogP contribution < -0.4 is 10.2 Å². The highest BCUT2D eigenvalue weighted by atomic mass is 15.3. The Bertz CT molecular complexity index is 246. The fourth-order valence-corrected chi connectivity index (χ4v) is 1.15. The van der Waals surface area contributed by atoms with E-state index in [-0.39, 0.29) is 0 Å². The van der Waals surface area contributed by atoms with Gasteiger partial charge in [0.2, 0.25) is 0 Å². The van der Waals surface area contributed by atoms with Gasteiger partial charge in [0.25, 0.3) is 0 Å². The summed E-state index contributed by atoms with van der Waals surface area (Å²) in [7, 11) is 2.05. The number of nitrogens with one attached hydrogen (secondary N) is 1. The molecule has 1 aliphatic rings. The average molecular weight is 135 g/mol. The van der Waals surface area contributed by atoms with Crippen LogP contribution in [0, 0.1) is 0 Å². The Hall–Kier alpha value is -1.25. The van der Waals surface area contributed by atoms with Crippen LogP contribution in [0.2, 0.25) is 0 Å². The predicted octanol–water partition coefficient (Wildman–Crippen LogP) is 0.901. The molecule has 0 saturated carbocycles. The van der Waals surface area contributed by atoms with Crippen molar-refractivity contribution in [3.8, 4) is 0 Å². The van der Waals surface area contributed by atoms with E-state index in [1.165, 1.54) is 5.69 Å². The quantitative estimate of drug-likeness (QED) is 0.573. The summed E-state index contributed by atoms with van der Waals surface area (Å²) in [5.41, 5.74) is 2.36. The van der Waals surface area contributed by atoms with E-state index in [1.54, 1.807) is 0 Å². The molecule has 0 aromatic carbocycles. The fraction of sp³-hybridized carbons (Fsp3) is 0.286. The molecule has 52 valence electrons. The van der Waals surface area contributed by atoms with Gasteiger partial charge in [0, 0.05) is 13.2 Å². The number of hydrogen-bond donors (Lipinski definition) is 1. The summed E-state index contributed by atoms with van der Waals surface area (Å²) in [6, 6.07) is 2.01. The van der Waals surface area contributed by atoms with Crippen molar-refractivity contribution in [3.05, 3.63) is 18.5 Å². The summed E-state index contributed by atoms with van der Waals surface area (Å²) >= 11 is 0. The van der Waals surface area contributed by atoms with Crippen LogP contribution >= 0.6 is 0 Å². The summed E-state index contributed by atoms with van der Waals surface area (Å²) in [5, 5.41) is 3.21. The van der Waals surface area contributed by atoms with Crippen LogP contribution in [-0.2, 0) is 0 Å². The Morgan fingerprint density at radius 1 is 1.70 bits per heavy atom. The van der Waals surface area contributed by atoms with Crippen molar-refractivity contribution >= 4 is 11.4 Å². The highest BCUT2D eigenvalue weighted by Crippen LogP contribution is 2.27. The molecule has 3 nitrogen and oxygen atoms in total. The zero-order chi connectivity index (χ0) is 6.97. The van der Waals surface area contributed by atoms with Crippen molar-refractivity contribution in [3.63, 3.8) is 0 Å². The first-order valence-electron chi connectivity index (χ1n) is 3.27. The molecule has 0 saturated heterocycles. The molecule has 0 fully saturated rings. The number of hydrogen-bond acceptors (Lipinski definition) is 3. The minimum absolute atomic E-state index is 0.890. The lowest BCUT2D eigenvalue weighted by Crippen LogP contribution is -2.15. The number of pyridine rings is 1. The number of aromatic nitrogens is 1. The molecule has 0 spiro atoms. The maximum atomic E-state index is 4.00. The molecule has 10 heavy (non-hydrogen) atoms. The highest BCUT2D eigenvalue weighted by Gasteiger charge is 2.12. The van der Waals surface area contributed by atoms with Crippen molar-refractivity contribution in [1.82, 2.24) is 4.98 Å². The van der Waals surface area contributed by atoms with Crippen molar-refractivity contribution in [2.45, 2.75) is 0 Å². The van der Waals surface area contributed by atoms with Gasteiger partial charge in [-0.3, -0.25) is 4.98 Å². The number of rotatable bonds is 0. The number of anilines is 2. The first kappa shape index (κ1) is 5.53. The van der Waals surface area contributed by atoms with Gasteiger partial charge in [0.15, 0.2) is 0 Å². The van der Waals surface area contributed by atoms with Crippen molar-refractivity contribution in [1.29, 1.82) is 0 Å². The third kappa shape index (κ3) is 0.635. The SMILES string of the molecule is CN1CNc2cnccc21. The average Bonchev–Trinajstić information content (AvgIpc) is 2.34. The largest absolute Gasteiger partial charge is 0.365 e. The maximum Gasteiger partial charge on any atom is 0.0875 e. The zero-order valence-electron chi connectivity index (χ0n) is 5.83. The van der Waals surface area contributed by atoms with E-state index >= 15 is 0 Å². The van der Waals surface area contributed by atoms with Gasteiger partial charge >= 0.3 is 0 Å². The fourth-order valence-electron chi connectivity index (χ4n) is 1.15. The van der Waals surface area contributed by atoms with E-state index in [0.29, 0.717) is 0 Å². The maximum absolute atomic E-state index is 4.00. The Kier molecular flexibility index (Phi) is 1.03. The van der Waals surface area contributed by atoms with Gasteiger partial charge in [-0.2, -0.15) is 0 Å².